The summed E-state index contributed by atoms with van der Waals surface area (Å²) < 4.78 is 27.6. The second-order valence-corrected chi connectivity index (χ2v) is 7.36. The lowest BCUT2D eigenvalue weighted by atomic mass is 9.95. The average Bonchev–Trinajstić information content (AvgIpc) is 2.50. The van der Waals surface area contributed by atoms with E-state index in [1.807, 2.05) is 12.1 Å². The zero-order valence-electron chi connectivity index (χ0n) is 13.5. The molecule has 0 N–H and O–H groups in total. The average molecular weight is 312 g/mol. The van der Waals surface area contributed by atoms with Crippen LogP contribution in [-0.4, -0.2) is 15.5 Å². The van der Waals surface area contributed by atoms with Gasteiger partial charge in [0, 0.05) is 0 Å². The smallest absolute Gasteiger partial charge is 0.270 e. The van der Waals surface area contributed by atoms with Crippen molar-refractivity contribution in [1.82, 2.24) is 0 Å². The first-order valence-electron chi connectivity index (χ1n) is 7.92. The van der Waals surface area contributed by atoms with Gasteiger partial charge < -0.3 is 0 Å². The van der Waals surface area contributed by atoms with Crippen LogP contribution in [0.5, 0.6) is 0 Å². The topological polar surface area (TPSA) is 43.4 Å². The highest BCUT2D eigenvalue weighted by Gasteiger charge is 2.13. The Morgan fingerprint density at radius 2 is 1.57 bits per heavy atom. The second kappa shape index (κ2) is 9.21. The SMILES string of the molecule is CCCCCCCCC(C)c1ccc(S(=O)(=O)OC)cc1. The molecule has 1 unspecified atom stereocenters. The molecule has 0 amide bonds. The number of hydrogen-bond donors (Lipinski definition) is 0. The number of benzene rings is 1. The molecule has 0 aliphatic rings. The fourth-order valence-electron chi connectivity index (χ4n) is 2.46. The van der Waals surface area contributed by atoms with E-state index >= 15 is 0 Å². The van der Waals surface area contributed by atoms with Gasteiger partial charge in [-0.25, -0.2) is 0 Å². The van der Waals surface area contributed by atoms with E-state index in [0.29, 0.717) is 5.92 Å². The summed E-state index contributed by atoms with van der Waals surface area (Å²) in [5.41, 5.74) is 1.19. The fraction of sp³-hybridized carbons (Fsp3) is 0.647. The van der Waals surface area contributed by atoms with E-state index in [-0.39, 0.29) is 4.90 Å². The number of hydrogen-bond acceptors (Lipinski definition) is 3. The summed E-state index contributed by atoms with van der Waals surface area (Å²) in [4.78, 5) is 0.223. The molecule has 21 heavy (non-hydrogen) atoms. The lowest BCUT2D eigenvalue weighted by Crippen LogP contribution is -2.03. The van der Waals surface area contributed by atoms with Crippen LogP contribution in [0, 0.1) is 0 Å². The van der Waals surface area contributed by atoms with Crippen LogP contribution in [0.3, 0.4) is 0 Å². The van der Waals surface area contributed by atoms with Crippen LogP contribution in [-0.2, 0) is 14.3 Å². The zero-order chi connectivity index (χ0) is 15.7. The van der Waals surface area contributed by atoms with Crippen molar-refractivity contribution in [3.8, 4) is 0 Å². The predicted molar refractivity (Wildman–Crippen MR) is 87.0 cm³/mol. The molecule has 1 aromatic rings. The zero-order valence-corrected chi connectivity index (χ0v) is 14.3. The van der Waals surface area contributed by atoms with E-state index in [4.69, 9.17) is 0 Å². The van der Waals surface area contributed by atoms with Crippen molar-refractivity contribution in [3.05, 3.63) is 29.8 Å². The van der Waals surface area contributed by atoms with Gasteiger partial charge in [0.25, 0.3) is 10.1 Å². The normalized spacial score (nSPS) is 13.3. The third-order valence-electron chi connectivity index (χ3n) is 3.95. The molecule has 1 atom stereocenters. The molecule has 0 saturated carbocycles. The molecule has 0 heterocycles. The Labute approximate surface area is 129 Å². The van der Waals surface area contributed by atoms with Gasteiger partial charge in [-0.2, -0.15) is 8.42 Å². The minimum atomic E-state index is -3.57. The van der Waals surface area contributed by atoms with E-state index in [1.54, 1.807) is 12.1 Å². The molecule has 4 heteroatoms. The van der Waals surface area contributed by atoms with Gasteiger partial charge in [0.1, 0.15) is 0 Å². The lowest BCUT2D eigenvalue weighted by molar-refractivity contribution is 0.397. The van der Waals surface area contributed by atoms with Crippen LogP contribution < -0.4 is 0 Å². The molecule has 120 valence electrons. The Morgan fingerprint density at radius 1 is 1.00 bits per heavy atom. The Kier molecular flexibility index (Phi) is 7.97. The Morgan fingerprint density at radius 3 is 2.14 bits per heavy atom. The van der Waals surface area contributed by atoms with Crippen LogP contribution in [0.4, 0.5) is 0 Å². The minimum Gasteiger partial charge on any atom is -0.270 e. The highest BCUT2D eigenvalue weighted by Crippen LogP contribution is 2.24. The van der Waals surface area contributed by atoms with Crippen LogP contribution in [0.1, 0.15) is 70.3 Å². The molecule has 1 rings (SSSR count). The molecule has 0 aliphatic heterocycles. The van der Waals surface area contributed by atoms with Gasteiger partial charge in [-0.15, -0.1) is 0 Å². The molecular weight excluding hydrogens is 284 g/mol. The fourth-order valence-corrected chi connectivity index (χ4v) is 3.12. The summed E-state index contributed by atoms with van der Waals surface area (Å²) in [7, 11) is -2.39. The van der Waals surface area contributed by atoms with Crippen molar-refractivity contribution in [3.63, 3.8) is 0 Å². The van der Waals surface area contributed by atoms with Crippen LogP contribution >= 0.6 is 0 Å². The minimum absolute atomic E-state index is 0.223. The molecule has 0 fully saturated rings. The number of rotatable bonds is 10. The summed E-state index contributed by atoms with van der Waals surface area (Å²) in [5.74, 6) is 0.468. The van der Waals surface area contributed by atoms with Gasteiger partial charge in [0.15, 0.2) is 0 Å². The number of unbranched alkanes of at least 4 members (excludes halogenated alkanes) is 5. The molecule has 0 bridgehead atoms. The third kappa shape index (κ3) is 6.18. The molecular formula is C17H28O3S. The first-order chi connectivity index (χ1) is 10.0. The van der Waals surface area contributed by atoms with Crippen molar-refractivity contribution < 1.29 is 12.6 Å². The maximum absolute atomic E-state index is 11.6. The first-order valence-corrected chi connectivity index (χ1v) is 9.32. The molecule has 3 nitrogen and oxygen atoms in total. The first kappa shape index (κ1) is 18.2. The van der Waals surface area contributed by atoms with E-state index in [1.165, 1.54) is 51.2 Å². The van der Waals surface area contributed by atoms with E-state index in [2.05, 4.69) is 18.0 Å². The lowest BCUT2D eigenvalue weighted by Gasteiger charge is -2.12. The molecule has 0 spiro atoms. The van der Waals surface area contributed by atoms with Gasteiger partial charge >= 0.3 is 0 Å². The molecule has 0 radical (unpaired) electrons. The van der Waals surface area contributed by atoms with Gasteiger partial charge in [0.2, 0.25) is 0 Å². The standard InChI is InChI=1S/C17H28O3S/c1-4-5-6-7-8-9-10-15(2)16-11-13-17(14-12-16)21(18,19)20-3/h11-15H,4-10H2,1-3H3. The van der Waals surface area contributed by atoms with Gasteiger partial charge in [-0.3, -0.25) is 4.18 Å². The molecule has 1 aromatic carbocycles. The van der Waals surface area contributed by atoms with E-state index in [9.17, 15) is 8.42 Å². The van der Waals surface area contributed by atoms with Crippen LogP contribution in [0.25, 0.3) is 0 Å². The quantitative estimate of drug-likeness (QED) is 0.457. The van der Waals surface area contributed by atoms with Gasteiger partial charge in [0.05, 0.1) is 12.0 Å². The van der Waals surface area contributed by atoms with Crippen molar-refractivity contribution in [2.45, 2.75) is 69.6 Å². The Hall–Kier alpha value is -0.870. The molecule has 0 saturated heterocycles. The van der Waals surface area contributed by atoms with Crippen molar-refractivity contribution in [2.24, 2.45) is 0 Å². The monoisotopic (exact) mass is 312 g/mol. The predicted octanol–water partition coefficient (Wildman–Crippen LogP) is 4.88. The summed E-state index contributed by atoms with van der Waals surface area (Å²) in [6.07, 6.45) is 8.98. The van der Waals surface area contributed by atoms with Crippen LogP contribution in [0.15, 0.2) is 29.2 Å². The maximum atomic E-state index is 11.6. The summed E-state index contributed by atoms with van der Waals surface area (Å²) in [6.45, 7) is 4.43. The van der Waals surface area contributed by atoms with Crippen molar-refractivity contribution in [2.75, 3.05) is 7.11 Å². The summed E-state index contributed by atoms with van der Waals surface area (Å²) in [5, 5.41) is 0. The third-order valence-corrected chi connectivity index (χ3v) is 5.24. The Bertz CT molecular complexity index is 491. The molecule has 0 aromatic heterocycles. The highest BCUT2D eigenvalue weighted by atomic mass is 32.2. The van der Waals surface area contributed by atoms with E-state index < -0.39 is 10.1 Å². The summed E-state index contributed by atoms with van der Waals surface area (Å²) in [6, 6.07) is 7.05. The highest BCUT2D eigenvalue weighted by molar-refractivity contribution is 7.86. The second-order valence-electron chi connectivity index (χ2n) is 5.65. The maximum Gasteiger partial charge on any atom is 0.296 e. The molecule has 0 aliphatic carbocycles. The van der Waals surface area contributed by atoms with Gasteiger partial charge in [-0.05, 0) is 30.0 Å². The van der Waals surface area contributed by atoms with Crippen LogP contribution in [0.2, 0.25) is 0 Å². The largest absolute Gasteiger partial charge is 0.296 e. The van der Waals surface area contributed by atoms with Crippen molar-refractivity contribution in [1.29, 1.82) is 0 Å². The summed E-state index contributed by atoms with van der Waals surface area (Å²) >= 11 is 0. The van der Waals surface area contributed by atoms with Gasteiger partial charge in [-0.1, -0.05) is 64.5 Å². The van der Waals surface area contributed by atoms with E-state index in [0.717, 1.165) is 6.42 Å². The van der Waals surface area contributed by atoms with Crippen molar-refractivity contribution >= 4 is 10.1 Å². The Balaban J connectivity index is 2.43.